The first-order chi connectivity index (χ1) is 14.3. The van der Waals surface area contributed by atoms with Gasteiger partial charge in [-0.25, -0.2) is 0 Å². The molecule has 0 radical (unpaired) electrons. The molecule has 2 fully saturated rings. The van der Waals surface area contributed by atoms with Crippen molar-refractivity contribution in [2.24, 2.45) is 0 Å². The number of halogens is 2. The number of hydrogen-bond donors (Lipinski definition) is 10. The minimum atomic E-state index is -2.60. The molecule has 22 heteroatoms. The van der Waals surface area contributed by atoms with Gasteiger partial charge in [-0.15, -0.1) is 0 Å². The van der Waals surface area contributed by atoms with Crippen LogP contribution in [-0.2, 0) is 14.2 Å². The van der Waals surface area contributed by atoms with Gasteiger partial charge in [-0.2, -0.15) is 0 Å². The minimum Gasteiger partial charge on any atom is -0.321 e. The third-order valence-electron chi connectivity index (χ3n) is 4.07. The van der Waals surface area contributed by atoms with Crippen LogP contribution in [-0.4, -0.2) is 205 Å². The van der Waals surface area contributed by atoms with E-state index in [2.05, 4.69) is 0 Å². The Labute approximate surface area is 256 Å². The molecule has 0 amide bonds. The van der Waals surface area contributed by atoms with Crippen LogP contribution in [0.15, 0.2) is 0 Å². The van der Waals surface area contributed by atoms with Crippen molar-refractivity contribution in [3.8, 4) is 0 Å². The molecule has 9 atom stereocenters. The monoisotopic (exact) mass is 594 g/mol. The summed E-state index contributed by atoms with van der Waals surface area (Å²) in [7, 11) is -5.20. The van der Waals surface area contributed by atoms with Gasteiger partial charge in [-0.3, -0.25) is 0 Å². The predicted molar refractivity (Wildman–Crippen MR) is 92.4 cm³/mol. The average Bonchev–Trinajstić information content (AvgIpc) is 2.92. The predicted octanol–water partition coefficient (Wildman–Crippen LogP) is -13.7. The van der Waals surface area contributed by atoms with Crippen molar-refractivity contribution in [1.82, 2.24) is 0 Å². The molecule has 0 aromatic heterocycles. The Kier molecular flexibility index (Phi) is 26.9. The number of aliphatic hydroxyl groups excluding tert-OH is 8. The van der Waals surface area contributed by atoms with E-state index < -0.39 is 96.2 Å². The number of hydrogen-bond acceptors (Lipinski definition) is 17. The van der Waals surface area contributed by atoms with Gasteiger partial charge in [0, 0.05) is 9.32 Å². The Bertz CT molecular complexity index is 488. The smallest absolute Gasteiger partial charge is 0.316 e. The van der Waals surface area contributed by atoms with Gasteiger partial charge in [0.15, 0.2) is 6.29 Å². The minimum absolute atomic E-state index is 0. The fourth-order valence-corrected chi connectivity index (χ4v) is 2.63. The van der Waals surface area contributed by atoms with Gasteiger partial charge in [0.1, 0.15) is 49.3 Å². The van der Waals surface area contributed by atoms with Crippen LogP contribution in [0.2, 0.25) is 0 Å². The number of aliphatic hydroxyl groups is 8. The number of ether oxygens (including phenoxy) is 3. The Morgan fingerprint density at radius 3 is 1.50 bits per heavy atom. The van der Waals surface area contributed by atoms with E-state index in [1.165, 1.54) is 0 Å². The van der Waals surface area contributed by atoms with E-state index in [-0.39, 0.29) is 79.9 Å². The summed E-state index contributed by atoms with van der Waals surface area (Å²) >= 11 is 0. The SMILES string of the molecule is O.OC[C@H]1O[C@@](CO)(O[C@H]2O[C@H](CO)[C@@H](O)[C@H](O)[C@H]2O)[C@@H](O)[C@@H]1O.[KH].[MgH2].[O-][Cl+2]([O-])O.[O-][Cl+2]([O-])O. The van der Waals surface area contributed by atoms with Gasteiger partial charge in [0.25, 0.3) is 21.6 Å². The molecule has 2 aliphatic heterocycles. The van der Waals surface area contributed by atoms with Crippen LogP contribution in [0.3, 0.4) is 0 Å². The van der Waals surface area contributed by atoms with Gasteiger partial charge in [-0.05, 0) is 0 Å². The van der Waals surface area contributed by atoms with Crippen molar-refractivity contribution >= 4 is 74.4 Å². The summed E-state index contributed by atoms with van der Waals surface area (Å²) in [5, 5.41) is 76.7. The standard InChI is InChI=1S/C12H22O11.2ClHO3.K.Mg.H2O.3H/c13-1-4-6(16)8(18)9(19)11(21-4)23-12(3-15)10(20)7(17)5(2-14)22-12;2*2-1(3)4;;;;;;/h4-11,13-20H,1-3H2;2*2H;;;1H2;;;/t4-,5-,6-,7-,8+,9-,10+,11-,12+;;;;;;;;/m1......../s1. The summed E-state index contributed by atoms with van der Waals surface area (Å²) < 4.78 is 63.4. The van der Waals surface area contributed by atoms with Gasteiger partial charge in [0.2, 0.25) is 5.79 Å². The first-order valence-electron chi connectivity index (χ1n) is 8.00. The van der Waals surface area contributed by atoms with Crippen molar-refractivity contribution in [2.45, 2.75) is 54.8 Å². The zero-order valence-corrected chi connectivity index (χ0v) is 17.3. The molecular formula is C12H29Cl2KMgO18. The second-order valence-electron chi connectivity index (χ2n) is 5.96. The molecule has 2 heterocycles. The van der Waals surface area contributed by atoms with Crippen LogP contribution >= 0.6 is 0 Å². The molecule has 34 heavy (non-hydrogen) atoms. The maximum atomic E-state index is 10.00. The van der Waals surface area contributed by atoms with Crippen LogP contribution in [0.5, 0.6) is 0 Å². The first-order valence-corrected chi connectivity index (χ1v) is 9.92. The quantitative estimate of drug-likeness (QED) is 0.132. The normalized spacial score (nSPS) is 36.7. The Morgan fingerprint density at radius 1 is 0.765 bits per heavy atom. The molecule has 0 bridgehead atoms. The summed E-state index contributed by atoms with van der Waals surface area (Å²) in [5.74, 6) is -2.22. The Hall–Kier alpha value is 2.26. The van der Waals surface area contributed by atoms with Crippen molar-refractivity contribution in [3.05, 3.63) is 0 Å². The van der Waals surface area contributed by atoms with E-state index in [1.807, 2.05) is 0 Å². The van der Waals surface area contributed by atoms with Crippen LogP contribution in [0.25, 0.3) is 0 Å². The molecule has 18 nitrogen and oxygen atoms in total. The molecular weight excluding hydrogens is 566 g/mol. The molecule has 12 N–H and O–H groups in total. The van der Waals surface area contributed by atoms with Gasteiger partial charge >= 0.3 is 74.4 Å². The Balaban J connectivity index is -0.000000357. The van der Waals surface area contributed by atoms with Crippen molar-refractivity contribution in [3.63, 3.8) is 0 Å². The Morgan fingerprint density at radius 2 is 1.18 bits per heavy atom. The molecule has 2 saturated heterocycles. The van der Waals surface area contributed by atoms with Crippen molar-refractivity contribution < 1.29 is 110 Å². The molecule has 0 unspecified atom stereocenters. The van der Waals surface area contributed by atoms with Crippen LogP contribution in [0, 0.1) is 21.6 Å². The van der Waals surface area contributed by atoms with Crippen molar-refractivity contribution in [2.75, 3.05) is 19.8 Å². The van der Waals surface area contributed by atoms with E-state index >= 15 is 0 Å². The third-order valence-corrected chi connectivity index (χ3v) is 4.07. The fourth-order valence-electron chi connectivity index (χ4n) is 2.63. The van der Waals surface area contributed by atoms with Crippen molar-refractivity contribution in [1.29, 1.82) is 0 Å². The van der Waals surface area contributed by atoms with Gasteiger partial charge in [0.05, 0.1) is 13.2 Å². The van der Waals surface area contributed by atoms with Crippen LogP contribution < -0.4 is 18.6 Å². The van der Waals surface area contributed by atoms with E-state index in [4.69, 9.17) is 52.4 Å². The summed E-state index contributed by atoms with van der Waals surface area (Å²) in [4.78, 5) is 0. The van der Waals surface area contributed by atoms with E-state index in [0.29, 0.717) is 0 Å². The summed E-state index contributed by atoms with van der Waals surface area (Å²) in [6.07, 6.45) is -12.7. The van der Waals surface area contributed by atoms with Crippen LogP contribution in [0.1, 0.15) is 0 Å². The zero-order valence-electron chi connectivity index (χ0n) is 15.8. The molecule has 202 valence electrons. The zero-order chi connectivity index (χ0) is 24.5. The molecule has 2 rings (SSSR count). The molecule has 0 spiro atoms. The van der Waals surface area contributed by atoms with Crippen LogP contribution in [0.4, 0.5) is 0 Å². The second kappa shape index (κ2) is 21.1. The fraction of sp³-hybridized carbons (Fsp3) is 1.00. The van der Waals surface area contributed by atoms with E-state index in [0.717, 1.165) is 0 Å². The molecule has 0 aromatic carbocycles. The molecule has 0 aromatic rings. The third kappa shape index (κ3) is 13.4. The maximum absolute atomic E-state index is 10.00. The molecule has 0 aliphatic carbocycles. The summed E-state index contributed by atoms with van der Waals surface area (Å²) in [6.45, 7) is -2.32. The second-order valence-corrected chi connectivity index (χ2v) is 6.77. The summed E-state index contributed by atoms with van der Waals surface area (Å²) in [6, 6.07) is 0. The first kappa shape index (κ1) is 43.3. The number of rotatable bonds is 5. The average molecular weight is 596 g/mol. The van der Waals surface area contributed by atoms with E-state index in [9.17, 15) is 30.6 Å². The van der Waals surface area contributed by atoms with E-state index in [1.54, 1.807) is 0 Å². The topological polar surface area (TPSA) is 354 Å². The molecule has 0 saturated carbocycles. The van der Waals surface area contributed by atoms with Gasteiger partial charge in [-0.1, -0.05) is 0 Å². The summed E-state index contributed by atoms with van der Waals surface area (Å²) in [5.41, 5.74) is 0. The molecule has 2 aliphatic rings. The van der Waals surface area contributed by atoms with Gasteiger partial charge < -0.3 is 79.2 Å². The largest absolute Gasteiger partial charge is 0.321 e. The maximum Gasteiger partial charge on any atom is 0.316 e.